The van der Waals surface area contributed by atoms with Gasteiger partial charge in [-0.25, -0.2) is 4.79 Å². The van der Waals surface area contributed by atoms with Crippen LogP contribution in [0.15, 0.2) is 11.6 Å². The standard InChI is InChI=1S/C13H22O4/c1-6-10(12(14)16-4)8-11(7-9(2)3)13(15)17-5/h6,9,11H,7-8H2,1-5H3/b10-6-. The van der Waals surface area contributed by atoms with Gasteiger partial charge in [0.2, 0.25) is 0 Å². The number of esters is 2. The summed E-state index contributed by atoms with van der Waals surface area (Å²) < 4.78 is 9.42. The molecule has 0 saturated heterocycles. The lowest BCUT2D eigenvalue weighted by Crippen LogP contribution is -2.21. The average molecular weight is 242 g/mol. The van der Waals surface area contributed by atoms with Gasteiger partial charge in [0.15, 0.2) is 0 Å². The number of carbonyl (C=O) groups is 2. The maximum atomic E-state index is 11.6. The Hall–Kier alpha value is -1.32. The normalized spacial score (nSPS) is 13.4. The molecule has 0 heterocycles. The van der Waals surface area contributed by atoms with Crippen LogP contribution in [0.3, 0.4) is 0 Å². The quantitative estimate of drug-likeness (QED) is 0.530. The van der Waals surface area contributed by atoms with Gasteiger partial charge in [-0.1, -0.05) is 19.9 Å². The number of hydrogen-bond acceptors (Lipinski definition) is 4. The summed E-state index contributed by atoms with van der Waals surface area (Å²) in [6.45, 7) is 5.82. The highest BCUT2D eigenvalue weighted by Crippen LogP contribution is 2.22. The largest absolute Gasteiger partial charge is 0.469 e. The first-order valence-electron chi connectivity index (χ1n) is 5.77. The van der Waals surface area contributed by atoms with Crippen molar-refractivity contribution in [1.82, 2.24) is 0 Å². The second-order valence-corrected chi connectivity index (χ2v) is 4.36. The zero-order valence-corrected chi connectivity index (χ0v) is 11.3. The average Bonchev–Trinajstić information content (AvgIpc) is 2.31. The summed E-state index contributed by atoms with van der Waals surface area (Å²) in [6, 6.07) is 0. The fourth-order valence-electron chi connectivity index (χ4n) is 1.71. The minimum absolute atomic E-state index is 0.276. The van der Waals surface area contributed by atoms with E-state index < -0.39 is 0 Å². The first kappa shape index (κ1) is 15.7. The summed E-state index contributed by atoms with van der Waals surface area (Å²) >= 11 is 0. The zero-order chi connectivity index (χ0) is 13.4. The van der Waals surface area contributed by atoms with Gasteiger partial charge in [-0.05, 0) is 25.7 Å². The lowest BCUT2D eigenvalue weighted by molar-refractivity contribution is -0.146. The number of rotatable bonds is 6. The van der Waals surface area contributed by atoms with E-state index in [4.69, 9.17) is 4.74 Å². The van der Waals surface area contributed by atoms with Crippen LogP contribution in [0.1, 0.15) is 33.6 Å². The molecule has 0 aliphatic heterocycles. The van der Waals surface area contributed by atoms with Crippen LogP contribution in [-0.2, 0) is 19.1 Å². The Bertz CT molecular complexity index is 292. The first-order chi connectivity index (χ1) is 7.96. The van der Waals surface area contributed by atoms with Crippen molar-refractivity contribution < 1.29 is 19.1 Å². The fourth-order valence-corrected chi connectivity index (χ4v) is 1.71. The molecule has 4 nitrogen and oxygen atoms in total. The van der Waals surface area contributed by atoms with Crippen LogP contribution in [0.25, 0.3) is 0 Å². The van der Waals surface area contributed by atoms with Gasteiger partial charge in [-0.3, -0.25) is 4.79 Å². The summed E-state index contributed by atoms with van der Waals surface area (Å²) in [6.07, 6.45) is 2.75. The van der Waals surface area contributed by atoms with E-state index >= 15 is 0 Å². The van der Waals surface area contributed by atoms with Crippen LogP contribution >= 0.6 is 0 Å². The molecule has 0 radical (unpaired) electrons. The number of methoxy groups -OCH3 is 2. The smallest absolute Gasteiger partial charge is 0.333 e. The Labute approximate surface area is 103 Å². The predicted octanol–water partition coefficient (Wildman–Crippen LogP) is 2.33. The van der Waals surface area contributed by atoms with Crippen molar-refractivity contribution in [2.45, 2.75) is 33.6 Å². The minimum atomic E-state index is -0.384. The topological polar surface area (TPSA) is 52.6 Å². The maximum Gasteiger partial charge on any atom is 0.333 e. The van der Waals surface area contributed by atoms with Crippen LogP contribution in [0, 0.1) is 11.8 Å². The Kier molecular flexibility index (Phi) is 7.26. The third-order valence-corrected chi connectivity index (χ3v) is 2.55. The molecule has 0 aromatic rings. The summed E-state index contributed by atoms with van der Waals surface area (Å²) in [4.78, 5) is 23.0. The first-order valence-corrected chi connectivity index (χ1v) is 5.77. The van der Waals surface area contributed by atoms with Gasteiger partial charge in [0.05, 0.1) is 20.1 Å². The number of carbonyl (C=O) groups excluding carboxylic acids is 2. The second-order valence-electron chi connectivity index (χ2n) is 4.36. The Morgan fingerprint density at radius 1 is 1.18 bits per heavy atom. The molecule has 0 spiro atoms. The molecule has 0 aliphatic rings. The SMILES string of the molecule is C/C=C(/CC(CC(C)C)C(=O)OC)C(=O)OC. The number of allylic oxidation sites excluding steroid dienone is 1. The van der Waals surface area contributed by atoms with Gasteiger partial charge >= 0.3 is 11.9 Å². The van der Waals surface area contributed by atoms with E-state index in [-0.39, 0.29) is 17.9 Å². The van der Waals surface area contributed by atoms with E-state index in [0.717, 1.165) is 0 Å². The molecular formula is C13H22O4. The van der Waals surface area contributed by atoms with Gasteiger partial charge in [-0.15, -0.1) is 0 Å². The van der Waals surface area contributed by atoms with Crippen molar-refractivity contribution >= 4 is 11.9 Å². The van der Waals surface area contributed by atoms with Crippen molar-refractivity contribution in [3.05, 3.63) is 11.6 Å². The molecule has 4 heteroatoms. The third-order valence-electron chi connectivity index (χ3n) is 2.55. The van der Waals surface area contributed by atoms with Crippen molar-refractivity contribution in [3.8, 4) is 0 Å². The van der Waals surface area contributed by atoms with Crippen LogP contribution in [0.4, 0.5) is 0 Å². The molecule has 0 amide bonds. The number of hydrogen-bond donors (Lipinski definition) is 0. The second kappa shape index (κ2) is 7.87. The Morgan fingerprint density at radius 3 is 2.12 bits per heavy atom. The van der Waals surface area contributed by atoms with E-state index in [1.807, 2.05) is 13.8 Å². The number of ether oxygens (including phenoxy) is 2. The van der Waals surface area contributed by atoms with Crippen molar-refractivity contribution in [1.29, 1.82) is 0 Å². The highest BCUT2D eigenvalue weighted by Gasteiger charge is 2.24. The molecule has 0 aliphatic carbocycles. The van der Waals surface area contributed by atoms with E-state index in [2.05, 4.69) is 4.74 Å². The lowest BCUT2D eigenvalue weighted by atomic mass is 9.91. The third kappa shape index (κ3) is 5.52. The van der Waals surface area contributed by atoms with Gasteiger partial charge < -0.3 is 9.47 Å². The van der Waals surface area contributed by atoms with Crippen LogP contribution < -0.4 is 0 Å². The molecule has 0 N–H and O–H groups in total. The fraction of sp³-hybridized carbons (Fsp3) is 0.692. The van der Waals surface area contributed by atoms with Crippen molar-refractivity contribution in [2.75, 3.05) is 14.2 Å². The van der Waals surface area contributed by atoms with Crippen molar-refractivity contribution in [2.24, 2.45) is 11.8 Å². The van der Waals surface area contributed by atoms with E-state index in [9.17, 15) is 9.59 Å². The molecule has 1 atom stereocenters. The lowest BCUT2D eigenvalue weighted by Gasteiger charge is -2.17. The summed E-state index contributed by atoms with van der Waals surface area (Å²) in [5.74, 6) is -0.577. The van der Waals surface area contributed by atoms with Gasteiger partial charge in [0.25, 0.3) is 0 Å². The highest BCUT2D eigenvalue weighted by molar-refractivity contribution is 5.89. The van der Waals surface area contributed by atoms with E-state index in [0.29, 0.717) is 24.3 Å². The minimum Gasteiger partial charge on any atom is -0.469 e. The molecule has 0 rings (SSSR count). The summed E-state index contributed by atoms with van der Waals surface area (Å²) in [7, 11) is 2.70. The van der Waals surface area contributed by atoms with Gasteiger partial charge in [0, 0.05) is 5.57 Å². The molecule has 17 heavy (non-hydrogen) atoms. The molecule has 98 valence electrons. The molecule has 0 aromatic carbocycles. The van der Waals surface area contributed by atoms with Crippen molar-refractivity contribution in [3.63, 3.8) is 0 Å². The monoisotopic (exact) mass is 242 g/mol. The predicted molar refractivity (Wildman–Crippen MR) is 65.4 cm³/mol. The molecule has 0 fully saturated rings. The van der Waals surface area contributed by atoms with Crippen LogP contribution in [0.5, 0.6) is 0 Å². The van der Waals surface area contributed by atoms with Gasteiger partial charge in [-0.2, -0.15) is 0 Å². The Balaban J connectivity index is 4.72. The van der Waals surface area contributed by atoms with Gasteiger partial charge in [0.1, 0.15) is 0 Å². The van der Waals surface area contributed by atoms with Crippen LogP contribution in [0.2, 0.25) is 0 Å². The zero-order valence-electron chi connectivity index (χ0n) is 11.3. The maximum absolute atomic E-state index is 11.6. The van der Waals surface area contributed by atoms with E-state index in [1.54, 1.807) is 13.0 Å². The molecule has 0 aromatic heterocycles. The summed E-state index contributed by atoms with van der Waals surface area (Å²) in [5.41, 5.74) is 0.517. The molecule has 0 bridgehead atoms. The van der Waals surface area contributed by atoms with E-state index in [1.165, 1.54) is 14.2 Å². The Morgan fingerprint density at radius 2 is 1.76 bits per heavy atom. The molecule has 1 unspecified atom stereocenters. The highest BCUT2D eigenvalue weighted by atomic mass is 16.5. The molecular weight excluding hydrogens is 220 g/mol. The van der Waals surface area contributed by atoms with Crippen LogP contribution in [-0.4, -0.2) is 26.2 Å². The molecule has 0 saturated carbocycles. The summed E-state index contributed by atoms with van der Waals surface area (Å²) in [5, 5.41) is 0.